The Labute approximate surface area is 264 Å². The third-order valence-corrected chi connectivity index (χ3v) is 9.83. The lowest BCUT2D eigenvalue weighted by atomic mass is 9.96. The molecule has 7 aromatic carbocycles. The Morgan fingerprint density at radius 2 is 0.978 bits per heavy atom. The molecule has 0 spiro atoms. The lowest BCUT2D eigenvalue weighted by Crippen LogP contribution is -1.96. The maximum Gasteiger partial charge on any atom is 0.0973 e. The molecule has 0 radical (unpaired) electrons. The summed E-state index contributed by atoms with van der Waals surface area (Å²) in [5.41, 5.74) is 10.5. The Kier molecular flexibility index (Phi) is 6.03. The number of thiophene rings is 1. The third-order valence-electron chi connectivity index (χ3n) is 8.70. The smallest absolute Gasteiger partial charge is 0.0973 e. The number of aromatic nitrogens is 2. The summed E-state index contributed by atoms with van der Waals surface area (Å²) in [6, 6.07) is 56.0. The van der Waals surface area contributed by atoms with Crippen LogP contribution in [0.5, 0.6) is 0 Å². The third kappa shape index (κ3) is 4.40. The highest BCUT2D eigenvalue weighted by Crippen LogP contribution is 2.41. The van der Waals surface area contributed by atoms with Crippen LogP contribution in [0.25, 0.3) is 86.7 Å². The number of nitrogens with zero attached hydrogens (tertiary/aromatic N) is 2. The predicted molar refractivity (Wildman–Crippen MR) is 192 cm³/mol. The summed E-state index contributed by atoms with van der Waals surface area (Å²) >= 11 is 1.85. The van der Waals surface area contributed by atoms with Gasteiger partial charge in [-0.25, -0.2) is 9.97 Å². The number of rotatable bonds is 4. The highest BCUT2D eigenvalue weighted by atomic mass is 32.1. The van der Waals surface area contributed by atoms with E-state index in [1.54, 1.807) is 0 Å². The maximum absolute atomic E-state index is 5.35. The Hall–Kier alpha value is -5.64. The van der Waals surface area contributed by atoms with E-state index in [0.717, 1.165) is 44.3 Å². The molecule has 0 unspecified atom stereocenters. The summed E-state index contributed by atoms with van der Waals surface area (Å²) in [7, 11) is 0. The SMILES string of the molecule is c1ccc(-c2ccc(-c3nc4ccc5ccccc5c4nc3-c3ccc(-c4cccc5sc6ccccc6c45)cc3)cc2)cc1. The van der Waals surface area contributed by atoms with Crippen LogP contribution in [0.15, 0.2) is 158 Å². The van der Waals surface area contributed by atoms with E-state index < -0.39 is 0 Å². The second kappa shape index (κ2) is 10.5. The van der Waals surface area contributed by atoms with Crippen molar-refractivity contribution in [2.45, 2.75) is 0 Å². The molecule has 2 nitrogen and oxygen atoms in total. The maximum atomic E-state index is 5.35. The van der Waals surface area contributed by atoms with Gasteiger partial charge in [-0.2, -0.15) is 0 Å². The second-order valence-corrected chi connectivity index (χ2v) is 12.5. The zero-order valence-corrected chi connectivity index (χ0v) is 25.1. The standard InChI is InChI=1S/C42H26N2S/c1-2-9-27(10-3-1)28-17-21-31(22-18-28)40-41(44-42-34-12-5-4-11-29(34)25-26-36(42)43-40)32-23-19-30(20-24-32)33-14-8-16-38-39(33)35-13-6-7-15-37(35)45-38/h1-26H. The molecule has 9 aromatic rings. The fraction of sp³-hybridized carbons (Fsp3) is 0. The fourth-order valence-corrected chi connectivity index (χ4v) is 7.60. The van der Waals surface area contributed by atoms with Crippen LogP contribution in [-0.2, 0) is 0 Å². The first kappa shape index (κ1) is 25.8. The van der Waals surface area contributed by atoms with E-state index in [0.29, 0.717) is 0 Å². The van der Waals surface area contributed by atoms with Crippen LogP contribution >= 0.6 is 11.3 Å². The minimum absolute atomic E-state index is 0.885. The Bertz CT molecular complexity index is 2510. The van der Waals surface area contributed by atoms with Crippen LogP contribution in [0.2, 0.25) is 0 Å². The monoisotopic (exact) mass is 590 g/mol. The average Bonchev–Trinajstić information content (AvgIpc) is 3.51. The lowest BCUT2D eigenvalue weighted by Gasteiger charge is -2.13. The van der Waals surface area contributed by atoms with Gasteiger partial charge in [0.2, 0.25) is 0 Å². The molecule has 3 heteroatoms. The van der Waals surface area contributed by atoms with E-state index in [1.165, 1.54) is 42.4 Å². The lowest BCUT2D eigenvalue weighted by molar-refractivity contribution is 1.30. The Balaban J connectivity index is 1.21. The van der Waals surface area contributed by atoms with Gasteiger partial charge < -0.3 is 0 Å². The number of fused-ring (bicyclic) bond motifs is 6. The van der Waals surface area contributed by atoms with Gasteiger partial charge in [0.05, 0.1) is 22.4 Å². The summed E-state index contributed by atoms with van der Waals surface area (Å²) in [5.74, 6) is 0. The zero-order valence-electron chi connectivity index (χ0n) is 24.3. The van der Waals surface area contributed by atoms with E-state index in [-0.39, 0.29) is 0 Å². The van der Waals surface area contributed by atoms with Gasteiger partial charge in [0, 0.05) is 36.7 Å². The van der Waals surface area contributed by atoms with Gasteiger partial charge in [-0.05, 0) is 45.8 Å². The average molecular weight is 591 g/mol. The predicted octanol–water partition coefficient (Wildman–Crippen LogP) is 11.8. The van der Waals surface area contributed by atoms with Crippen molar-refractivity contribution in [3.05, 3.63) is 158 Å². The highest BCUT2D eigenvalue weighted by Gasteiger charge is 2.16. The molecule has 0 atom stereocenters. The van der Waals surface area contributed by atoms with Crippen molar-refractivity contribution in [1.82, 2.24) is 9.97 Å². The largest absolute Gasteiger partial charge is 0.244 e. The second-order valence-electron chi connectivity index (χ2n) is 11.4. The van der Waals surface area contributed by atoms with Crippen LogP contribution in [-0.4, -0.2) is 9.97 Å². The highest BCUT2D eigenvalue weighted by molar-refractivity contribution is 7.25. The molecular formula is C42H26N2S. The van der Waals surface area contributed by atoms with Gasteiger partial charge in [-0.15, -0.1) is 11.3 Å². The summed E-state index contributed by atoms with van der Waals surface area (Å²) in [6.07, 6.45) is 0. The van der Waals surface area contributed by atoms with Crippen molar-refractivity contribution in [3.63, 3.8) is 0 Å². The molecule has 0 bridgehead atoms. The number of hydrogen-bond acceptors (Lipinski definition) is 3. The van der Waals surface area contributed by atoms with Gasteiger partial charge in [0.25, 0.3) is 0 Å². The van der Waals surface area contributed by atoms with Crippen molar-refractivity contribution in [2.24, 2.45) is 0 Å². The first-order valence-corrected chi connectivity index (χ1v) is 16.0. The normalized spacial score (nSPS) is 11.6. The molecule has 2 aromatic heterocycles. The topological polar surface area (TPSA) is 25.8 Å². The number of hydrogen-bond donors (Lipinski definition) is 0. The minimum atomic E-state index is 0.885. The van der Waals surface area contributed by atoms with Crippen molar-refractivity contribution < 1.29 is 0 Å². The van der Waals surface area contributed by atoms with Gasteiger partial charge >= 0.3 is 0 Å². The van der Waals surface area contributed by atoms with Crippen LogP contribution in [0, 0.1) is 0 Å². The molecule has 0 fully saturated rings. The molecule has 210 valence electrons. The van der Waals surface area contributed by atoms with Crippen LogP contribution in [0.1, 0.15) is 0 Å². The molecule has 45 heavy (non-hydrogen) atoms. The Morgan fingerprint density at radius 1 is 0.378 bits per heavy atom. The molecule has 0 N–H and O–H groups in total. The summed E-state index contributed by atoms with van der Waals surface area (Å²) < 4.78 is 2.63. The minimum Gasteiger partial charge on any atom is -0.244 e. The van der Waals surface area contributed by atoms with Crippen LogP contribution < -0.4 is 0 Å². The molecule has 0 saturated heterocycles. The van der Waals surface area contributed by atoms with Gasteiger partial charge in [0.1, 0.15) is 0 Å². The summed E-state index contributed by atoms with van der Waals surface area (Å²) in [5, 5.41) is 4.91. The molecular weight excluding hydrogens is 565 g/mol. The van der Waals surface area contributed by atoms with E-state index in [2.05, 4.69) is 152 Å². The van der Waals surface area contributed by atoms with Gasteiger partial charge in [0.15, 0.2) is 0 Å². The summed E-state index contributed by atoms with van der Waals surface area (Å²) in [4.78, 5) is 10.6. The van der Waals surface area contributed by atoms with E-state index in [4.69, 9.17) is 9.97 Å². The molecule has 0 saturated carbocycles. The van der Waals surface area contributed by atoms with E-state index >= 15 is 0 Å². The molecule has 0 aliphatic rings. The van der Waals surface area contributed by atoms with Crippen LogP contribution in [0.4, 0.5) is 0 Å². The summed E-state index contributed by atoms with van der Waals surface area (Å²) in [6.45, 7) is 0. The fourth-order valence-electron chi connectivity index (χ4n) is 6.47. The molecule has 2 heterocycles. The van der Waals surface area contributed by atoms with Crippen molar-refractivity contribution in [1.29, 1.82) is 0 Å². The first-order valence-electron chi connectivity index (χ1n) is 15.2. The molecule has 9 rings (SSSR count). The molecule has 0 aliphatic carbocycles. The van der Waals surface area contributed by atoms with E-state index in [1.807, 2.05) is 17.4 Å². The van der Waals surface area contributed by atoms with Crippen molar-refractivity contribution >= 4 is 53.3 Å². The number of benzene rings is 7. The quantitative estimate of drug-likeness (QED) is 0.191. The molecule has 0 aliphatic heterocycles. The molecule has 0 amide bonds. The van der Waals surface area contributed by atoms with Crippen molar-refractivity contribution in [2.75, 3.05) is 0 Å². The van der Waals surface area contributed by atoms with E-state index in [9.17, 15) is 0 Å². The zero-order chi connectivity index (χ0) is 29.7. The van der Waals surface area contributed by atoms with Crippen LogP contribution in [0.3, 0.4) is 0 Å². The van der Waals surface area contributed by atoms with Gasteiger partial charge in [-0.3, -0.25) is 0 Å². The Morgan fingerprint density at radius 3 is 1.78 bits per heavy atom. The van der Waals surface area contributed by atoms with Gasteiger partial charge in [-0.1, -0.05) is 140 Å². The first-order chi connectivity index (χ1) is 22.3. The van der Waals surface area contributed by atoms with Crippen molar-refractivity contribution in [3.8, 4) is 44.8 Å².